The van der Waals surface area contributed by atoms with E-state index < -0.39 is 5.82 Å². The van der Waals surface area contributed by atoms with Crippen LogP contribution < -0.4 is 10.9 Å². The third kappa shape index (κ3) is 2.47. The van der Waals surface area contributed by atoms with Gasteiger partial charge in [0, 0.05) is 5.69 Å². The molecule has 0 atom stereocenters. The molecule has 1 aromatic carbocycles. The second-order valence-electron chi connectivity index (χ2n) is 3.59. The zero-order valence-corrected chi connectivity index (χ0v) is 9.81. The summed E-state index contributed by atoms with van der Waals surface area (Å²) in [5.74, 6) is -0.427. The van der Waals surface area contributed by atoms with Crippen molar-refractivity contribution in [3.8, 4) is 0 Å². The van der Waals surface area contributed by atoms with Gasteiger partial charge in [-0.3, -0.25) is 4.79 Å². The average Bonchev–Trinajstić information content (AvgIpc) is 2.29. The van der Waals surface area contributed by atoms with E-state index >= 15 is 0 Å². The molecule has 88 valence electrons. The van der Waals surface area contributed by atoms with E-state index in [9.17, 15) is 9.18 Å². The summed E-state index contributed by atoms with van der Waals surface area (Å²) in [4.78, 5) is 14.2. The minimum absolute atomic E-state index is 0.214. The van der Waals surface area contributed by atoms with E-state index in [0.29, 0.717) is 10.7 Å². The van der Waals surface area contributed by atoms with Crippen molar-refractivity contribution in [2.75, 3.05) is 5.32 Å². The van der Waals surface area contributed by atoms with E-state index in [2.05, 4.69) is 10.3 Å². The number of anilines is 2. The molecule has 1 heterocycles. The fourth-order valence-electron chi connectivity index (χ4n) is 1.40. The quantitative estimate of drug-likeness (QED) is 0.862. The molecular formula is C12H10ClFN2O. The maximum Gasteiger partial charge on any atom is 0.271 e. The Bertz CT molecular complexity index is 610. The van der Waals surface area contributed by atoms with Gasteiger partial charge in [0.25, 0.3) is 5.56 Å². The number of H-pyrrole nitrogens is 1. The first-order valence-electron chi connectivity index (χ1n) is 4.99. The van der Waals surface area contributed by atoms with Crippen LogP contribution in [0.4, 0.5) is 15.8 Å². The van der Waals surface area contributed by atoms with Crippen LogP contribution in [-0.4, -0.2) is 4.98 Å². The van der Waals surface area contributed by atoms with E-state index in [1.165, 1.54) is 12.1 Å². The molecule has 2 aromatic rings. The predicted octanol–water partition coefficient (Wildman–Crippen LogP) is 3.22. The SMILES string of the molecule is Cc1[nH]c(=O)c(Nc2ccccc2F)cc1Cl. The van der Waals surface area contributed by atoms with Crippen LogP contribution in [-0.2, 0) is 0 Å². The standard InChI is InChI=1S/C12H10ClFN2O/c1-7-8(13)6-11(12(17)15-7)16-10-5-3-2-4-9(10)14/h2-6,16H,1H3,(H,15,17). The van der Waals surface area contributed by atoms with Crippen molar-refractivity contribution >= 4 is 23.0 Å². The fourth-order valence-corrected chi connectivity index (χ4v) is 1.55. The molecule has 5 heteroatoms. The number of para-hydroxylation sites is 1. The molecule has 0 bridgehead atoms. The number of hydrogen-bond donors (Lipinski definition) is 2. The first kappa shape index (κ1) is 11.7. The van der Waals surface area contributed by atoms with Crippen LogP contribution >= 0.6 is 11.6 Å². The maximum atomic E-state index is 13.4. The Hall–Kier alpha value is -1.81. The number of halogens is 2. The zero-order valence-electron chi connectivity index (χ0n) is 9.05. The highest BCUT2D eigenvalue weighted by Crippen LogP contribution is 2.20. The van der Waals surface area contributed by atoms with Gasteiger partial charge in [0.2, 0.25) is 0 Å². The molecule has 0 aliphatic carbocycles. The second-order valence-corrected chi connectivity index (χ2v) is 4.00. The largest absolute Gasteiger partial charge is 0.349 e. The molecule has 17 heavy (non-hydrogen) atoms. The molecule has 1 aromatic heterocycles. The van der Waals surface area contributed by atoms with Crippen LogP contribution in [0.25, 0.3) is 0 Å². The third-order valence-corrected chi connectivity index (χ3v) is 2.71. The number of aryl methyl sites for hydroxylation is 1. The highest BCUT2D eigenvalue weighted by molar-refractivity contribution is 6.31. The van der Waals surface area contributed by atoms with E-state index in [-0.39, 0.29) is 16.9 Å². The Balaban J connectivity index is 2.41. The number of benzene rings is 1. The average molecular weight is 253 g/mol. The molecule has 0 radical (unpaired) electrons. The summed E-state index contributed by atoms with van der Waals surface area (Å²) >= 11 is 5.89. The molecule has 0 spiro atoms. The Kier molecular flexibility index (Phi) is 3.15. The lowest BCUT2D eigenvalue weighted by molar-refractivity contribution is 0.632. The van der Waals surface area contributed by atoms with Crippen molar-refractivity contribution in [1.82, 2.24) is 4.98 Å². The van der Waals surface area contributed by atoms with E-state index in [0.717, 1.165) is 0 Å². The molecule has 2 N–H and O–H groups in total. The molecule has 0 saturated carbocycles. The topological polar surface area (TPSA) is 44.9 Å². The lowest BCUT2D eigenvalue weighted by Gasteiger charge is -2.07. The second kappa shape index (κ2) is 4.59. The van der Waals surface area contributed by atoms with E-state index in [1.54, 1.807) is 25.1 Å². The van der Waals surface area contributed by atoms with Crippen molar-refractivity contribution in [1.29, 1.82) is 0 Å². The molecular weight excluding hydrogens is 243 g/mol. The van der Waals surface area contributed by atoms with Gasteiger partial charge >= 0.3 is 0 Å². The van der Waals surface area contributed by atoms with Gasteiger partial charge in [-0.05, 0) is 25.1 Å². The predicted molar refractivity (Wildman–Crippen MR) is 66.5 cm³/mol. The van der Waals surface area contributed by atoms with Gasteiger partial charge in [-0.1, -0.05) is 23.7 Å². The molecule has 2 rings (SSSR count). The van der Waals surface area contributed by atoms with Crippen LogP contribution in [0.5, 0.6) is 0 Å². The van der Waals surface area contributed by atoms with Crippen LogP contribution in [0.1, 0.15) is 5.69 Å². The van der Waals surface area contributed by atoms with Crippen LogP contribution in [0.3, 0.4) is 0 Å². The summed E-state index contributed by atoms with van der Waals surface area (Å²) in [5, 5.41) is 3.13. The lowest BCUT2D eigenvalue weighted by atomic mass is 10.3. The Labute approximate surface area is 102 Å². The van der Waals surface area contributed by atoms with Crippen LogP contribution in [0.15, 0.2) is 35.1 Å². The molecule has 0 aliphatic heterocycles. The lowest BCUT2D eigenvalue weighted by Crippen LogP contribution is -2.13. The number of rotatable bonds is 2. The number of hydrogen-bond acceptors (Lipinski definition) is 2. The summed E-state index contributed by atoms with van der Waals surface area (Å²) in [6.45, 7) is 1.69. The number of aromatic amines is 1. The van der Waals surface area contributed by atoms with Crippen LogP contribution in [0, 0.1) is 12.7 Å². The van der Waals surface area contributed by atoms with Crippen molar-refractivity contribution in [3.05, 3.63) is 57.2 Å². The van der Waals surface area contributed by atoms with Gasteiger partial charge in [0.05, 0.1) is 10.7 Å². The van der Waals surface area contributed by atoms with Crippen molar-refractivity contribution in [2.45, 2.75) is 6.92 Å². The first-order valence-corrected chi connectivity index (χ1v) is 5.36. The van der Waals surface area contributed by atoms with Crippen LogP contribution in [0.2, 0.25) is 5.02 Å². The van der Waals surface area contributed by atoms with Gasteiger partial charge in [-0.15, -0.1) is 0 Å². The summed E-state index contributed by atoms with van der Waals surface area (Å²) in [7, 11) is 0. The van der Waals surface area contributed by atoms with Crippen molar-refractivity contribution in [2.24, 2.45) is 0 Å². The zero-order chi connectivity index (χ0) is 12.4. The minimum Gasteiger partial charge on any atom is -0.349 e. The van der Waals surface area contributed by atoms with E-state index in [4.69, 9.17) is 11.6 Å². The molecule has 0 amide bonds. The normalized spacial score (nSPS) is 10.3. The minimum atomic E-state index is -0.427. The first-order chi connectivity index (χ1) is 8.08. The highest BCUT2D eigenvalue weighted by Gasteiger charge is 2.06. The van der Waals surface area contributed by atoms with Gasteiger partial charge in [0.15, 0.2) is 0 Å². The fraction of sp³-hybridized carbons (Fsp3) is 0.0833. The number of pyridine rings is 1. The Morgan fingerprint density at radius 1 is 1.29 bits per heavy atom. The Morgan fingerprint density at radius 3 is 2.71 bits per heavy atom. The van der Waals surface area contributed by atoms with Gasteiger partial charge < -0.3 is 10.3 Å². The number of nitrogens with one attached hydrogen (secondary N) is 2. The summed E-state index contributed by atoms with van der Waals surface area (Å²) in [6, 6.07) is 7.58. The molecule has 0 fully saturated rings. The van der Waals surface area contributed by atoms with Gasteiger partial charge in [-0.2, -0.15) is 0 Å². The van der Waals surface area contributed by atoms with Gasteiger partial charge in [-0.25, -0.2) is 4.39 Å². The van der Waals surface area contributed by atoms with Crippen molar-refractivity contribution in [3.63, 3.8) is 0 Å². The summed E-state index contributed by atoms with van der Waals surface area (Å²) in [5.41, 5.74) is 0.689. The highest BCUT2D eigenvalue weighted by atomic mass is 35.5. The monoisotopic (exact) mass is 252 g/mol. The van der Waals surface area contributed by atoms with E-state index in [1.807, 2.05) is 0 Å². The number of aromatic nitrogens is 1. The summed E-state index contributed by atoms with van der Waals surface area (Å²) in [6.07, 6.45) is 0. The molecule has 0 aliphatic rings. The van der Waals surface area contributed by atoms with Gasteiger partial charge in [0.1, 0.15) is 11.5 Å². The van der Waals surface area contributed by atoms with Crippen molar-refractivity contribution < 1.29 is 4.39 Å². The molecule has 0 saturated heterocycles. The molecule has 3 nitrogen and oxygen atoms in total. The third-order valence-electron chi connectivity index (χ3n) is 2.32. The Morgan fingerprint density at radius 2 is 2.00 bits per heavy atom. The molecule has 0 unspecified atom stereocenters. The summed E-state index contributed by atoms with van der Waals surface area (Å²) < 4.78 is 13.4. The maximum absolute atomic E-state index is 13.4. The smallest absolute Gasteiger partial charge is 0.271 e.